The van der Waals surface area contributed by atoms with E-state index in [1.165, 1.54) is 0 Å². The molecule has 0 aliphatic carbocycles. The molecule has 0 spiro atoms. The topological polar surface area (TPSA) is 34.4 Å². The molecule has 0 aliphatic rings. The van der Waals surface area contributed by atoms with Crippen molar-refractivity contribution in [3.63, 3.8) is 0 Å². The minimum Gasteiger partial charge on any atom is -0.297 e. The number of hydrogen-bond donors (Lipinski definition) is 0. The highest BCUT2D eigenvalue weighted by Gasteiger charge is 2.05. The zero-order valence-electron chi connectivity index (χ0n) is 10.4. The lowest BCUT2D eigenvalue weighted by Gasteiger charge is -2.01. The van der Waals surface area contributed by atoms with Crippen molar-refractivity contribution in [3.05, 3.63) is 53.3 Å². The number of carbonyl (C=O) groups is 1. The van der Waals surface area contributed by atoms with Crippen molar-refractivity contribution in [2.24, 2.45) is 0 Å². The maximum absolute atomic E-state index is 11.3. The van der Waals surface area contributed by atoms with E-state index in [-0.39, 0.29) is 5.78 Å². The normalized spacial score (nSPS) is 11.0. The second-order valence-corrected chi connectivity index (χ2v) is 6.12. The van der Waals surface area contributed by atoms with Gasteiger partial charge in [-0.05, 0) is 19.1 Å². The Hall–Kier alpha value is -1.59. The van der Waals surface area contributed by atoms with Crippen molar-refractivity contribution in [2.45, 2.75) is 17.6 Å². The molecule has 0 amide bonds. The predicted molar refractivity (Wildman–Crippen MR) is 79.1 cm³/mol. The van der Waals surface area contributed by atoms with E-state index in [2.05, 4.69) is 4.98 Å². The Bertz CT molecular complexity index is 701. The molecule has 2 heterocycles. The first kappa shape index (κ1) is 12.4. The van der Waals surface area contributed by atoms with Crippen LogP contribution in [0.15, 0.2) is 46.9 Å². The van der Waals surface area contributed by atoms with Crippen LogP contribution >= 0.6 is 23.1 Å². The number of imidazole rings is 1. The van der Waals surface area contributed by atoms with E-state index in [0.717, 1.165) is 26.9 Å². The third kappa shape index (κ3) is 2.72. The summed E-state index contributed by atoms with van der Waals surface area (Å²) in [6, 6.07) is 7.73. The summed E-state index contributed by atoms with van der Waals surface area (Å²) in [5.41, 5.74) is 1.82. The summed E-state index contributed by atoms with van der Waals surface area (Å²) >= 11 is 3.33. The molecule has 96 valence electrons. The summed E-state index contributed by atoms with van der Waals surface area (Å²) in [5.74, 6) is 0.917. The van der Waals surface area contributed by atoms with Gasteiger partial charge in [-0.3, -0.25) is 9.20 Å². The Balaban J connectivity index is 1.73. The number of carbonyl (C=O) groups excluding carboxylic acids is 1. The number of thiazole rings is 1. The molecule has 1 aromatic carbocycles. The van der Waals surface area contributed by atoms with E-state index >= 15 is 0 Å². The number of aromatic nitrogens is 2. The molecule has 0 atom stereocenters. The maximum Gasteiger partial charge on any atom is 0.193 e. The molecule has 0 bridgehead atoms. The van der Waals surface area contributed by atoms with Gasteiger partial charge in [-0.1, -0.05) is 12.1 Å². The van der Waals surface area contributed by atoms with Gasteiger partial charge in [-0.2, -0.15) is 0 Å². The number of nitrogens with zero attached hydrogens (tertiary/aromatic N) is 2. The zero-order valence-corrected chi connectivity index (χ0v) is 12.0. The number of Topliss-reactive ketones (excluding diaryl/α,β-unsaturated/α-hetero) is 1. The average molecular weight is 288 g/mol. The lowest BCUT2D eigenvalue weighted by atomic mass is 10.2. The number of ketones is 1. The predicted octanol–water partition coefficient (Wildman–Crippen LogP) is 3.89. The van der Waals surface area contributed by atoms with Crippen LogP contribution in [0.5, 0.6) is 0 Å². The van der Waals surface area contributed by atoms with Crippen molar-refractivity contribution in [2.75, 3.05) is 0 Å². The molecule has 0 fully saturated rings. The zero-order chi connectivity index (χ0) is 13.2. The first-order valence-electron chi connectivity index (χ1n) is 5.87. The van der Waals surface area contributed by atoms with Gasteiger partial charge in [-0.25, -0.2) is 4.98 Å². The first-order chi connectivity index (χ1) is 9.22. The van der Waals surface area contributed by atoms with Gasteiger partial charge in [0.25, 0.3) is 0 Å². The van der Waals surface area contributed by atoms with Crippen molar-refractivity contribution >= 4 is 33.8 Å². The van der Waals surface area contributed by atoms with Gasteiger partial charge < -0.3 is 0 Å². The lowest BCUT2D eigenvalue weighted by molar-refractivity contribution is 0.101. The molecule has 0 N–H and O–H groups in total. The van der Waals surface area contributed by atoms with E-state index < -0.39 is 0 Å². The van der Waals surface area contributed by atoms with Crippen molar-refractivity contribution < 1.29 is 4.79 Å². The van der Waals surface area contributed by atoms with E-state index in [9.17, 15) is 4.79 Å². The van der Waals surface area contributed by atoms with Crippen LogP contribution in [0.4, 0.5) is 0 Å². The molecule has 2 aromatic heterocycles. The number of thioether (sulfide) groups is 1. The minimum absolute atomic E-state index is 0.102. The van der Waals surface area contributed by atoms with Crippen LogP contribution in [-0.2, 0) is 5.75 Å². The van der Waals surface area contributed by atoms with E-state index in [1.54, 1.807) is 30.0 Å². The highest BCUT2D eigenvalue weighted by Crippen LogP contribution is 2.24. The van der Waals surface area contributed by atoms with Crippen molar-refractivity contribution in [3.8, 4) is 0 Å². The van der Waals surface area contributed by atoms with E-state index in [4.69, 9.17) is 0 Å². The average Bonchev–Trinajstić information content (AvgIpc) is 2.97. The number of fused-ring (bicyclic) bond motifs is 1. The van der Waals surface area contributed by atoms with Crippen LogP contribution in [0.2, 0.25) is 0 Å². The number of hydrogen-bond acceptors (Lipinski definition) is 4. The van der Waals surface area contributed by atoms with Gasteiger partial charge in [0.2, 0.25) is 0 Å². The summed E-state index contributed by atoms with van der Waals surface area (Å²) in [6.07, 6.45) is 4.06. The third-order valence-corrected chi connectivity index (χ3v) is 4.57. The molecule has 3 rings (SSSR count). The fourth-order valence-electron chi connectivity index (χ4n) is 1.81. The second-order valence-electron chi connectivity index (χ2n) is 4.20. The lowest BCUT2D eigenvalue weighted by Crippen LogP contribution is -1.91. The molecule has 0 saturated carbocycles. The van der Waals surface area contributed by atoms with Crippen LogP contribution in [0.25, 0.3) is 4.96 Å². The van der Waals surface area contributed by atoms with Crippen LogP contribution in [-0.4, -0.2) is 15.2 Å². The monoisotopic (exact) mass is 288 g/mol. The highest BCUT2D eigenvalue weighted by atomic mass is 32.2. The molecule has 0 aliphatic heterocycles. The van der Waals surface area contributed by atoms with E-state index in [0.29, 0.717) is 0 Å². The van der Waals surface area contributed by atoms with Crippen molar-refractivity contribution in [1.82, 2.24) is 9.38 Å². The fourth-order valence-corrected chi connectivity index (χ4v) is 3.37. The van der Waals surface area contributed by atoms with E-state index in [1.807, 2.05) is 46.4 Å². The first-order valence-corrected chi connectivity index (χ1v) is 7.74. The van der Waals surface area contributed by atoms with Gasteiger partial charge in [0, 0.05) is 34.0 Å². The third-order valence-electron chi connectivity index (χ3n) is 2.77. The summed E-state index contributed by atoms with van der Waals surface area (Å²) in [4.78, 5) is 18.0. The Morgan fingerprint density at radius 2 is 2.37 bits per heavy atom. The summed E-state index contributed by atoms with van der Waals surface area (Å²) in [6.45, 7) is 1.59. The Kier molecular flexibility index (Phi) is 3.40. The molecule has 3 aromatic rings. The Morgan fingerprint density at radius 1 is 1.47 bits per heavy atom. The van der Waals surface area contributed by atoms with Crippen LogP contribution in [0.3, 0.4) is 0 Å². The number of rotatable bonds is 4. The number of benzene rings is 1. The second kappa shape index (κ2) is 5.19. The van der Waals surface area contributed by atoms with Gasteiger partial charge in [0.1, 0.15) is 0 Å². The minimum atomic E-state index is 0.102. The van der Waals surface area contributed by atoms with Gasteiger partial charge >= 0.3 is 0 Å². The maximum atomic E-state index is 11.3. The smallest absolute Gasteiger partial charge is 0.193 e. The molecule has 19 heavy (non-hydrogen) atoms. The summed E-state index contributed by atoms with van der Waals surface area (Å²) in [7, 11) is 0. The molecular formula is C14H12N2OS2. The molecule has 0 radical (unpaired) electrons. The molecule has 0 saturated heterocycles. The molecule has 0 unspecified atom stereocenters. The van der Waals surface area contributed by atoms with Gasteiger partial charge in [-0.15, -0.1) is 23.1 Å². The van der Waals surface area contributed by atoms with Gasteiger partial charge in [0.05, 0.1) is 5.69 Å². The molecular weight excluding hydrogens is 276 g/mol. The standard InChI is InChI=1S/C14H12N2OS2/c1-10(17)11-3-2-4-13(7-11)19-9-12-8-16-5-6-18-14(16)15-12/h2-8H,9H2,1H3. The van der Waals surface area contributed by atoms with Crippen LogP contribution in [0.1, 0.15) is 23.0 Å². The Labute approximate surface area is 119 Å². The molecule has 5 heteroatoms. The van der Waals surface area contributed by atoms with Gasteiger partial charge in [0.15, 0.2) is 10.7 Å². The van der Waals surface area contributed by atoms with Crippen molar-refractivity contribution in [1.29, 1.82) is 0 Å². The molecule has 3 nitrogen and oxygen atoms in total. The SMILES string of the molecule is CC(=O)c1cccc(SCc2cn3ccsc3n2)c1. The Morgan fingerprint density at radius 3 is 3.16 bits per heavy atom. The van der Waals surface area contributed by atoms with Crippen LogP contribution in [0, 0.1) is 0 Å². The quantitative estimate of drug-likeness (QED) is 0.539. The summed E-state index contributed by atoms with van der Waals surface area (Å²) in [5, 5.41) is 2.02. The fraction of sp³-hybridized carbons (Fsp3) is 0.143. The largest absolute Gasteiger partial charge is 0.297 e. The van der Waals surface area contributed by atoms with Crippen LogP contribution < -0.4 is 0 Å². The highest BCUT2D eigenvalue weighted by molar-refractivity contribution is 7.98. The summed E-state index contributed by atoms with van der Waals surface area (Å²) < 4.78 is 2.03.